The van der Waals surface area contributed by atoms with Gasteiger partial charge in [0.2, 0.25) is 11.2 Å². The van der Waals surface area contributed by atoms with Crippen LogP contribution in [0.1, 0.15) is 65.0 Å². The summed E-state index contributed by atoms with van der Waals surface area (Å²) in [5.41, 5.74) is 6.99. The van der Waals surface area contributed by atoms with Gasteiger partial charge in [-0.15, -0.1) is 0 Å². The van der Waals surface area contributed by atoms with E-state index in [1.54, 1.807) is 0 Å². The van der Waals surface area contributed by atoms with E-state index in [0.717, 1.165) is 39.4 Å². The minimum absolute atomic E-state index is 0.126. The van der Waals surface area contributed by atoms with Crippen molar-refractivity contribution < 1.29 is 14.6 Å². The topological polar surface area (TPSA) is 70.7 Å². The summed E-state index contributed by atoms with van der Waals surface area (Å²) in [4.78, 5) is 12.5. The number of hydrogen-bond donors (Lipinski definition) is 2. The van der Waals surface area contributed by atoms with Crippen molar-refractivity contribution >= 4 is 0 Å². The summed E-state index contributed by atoms with van der Waals surface area (Å²) in [6.45, 7) is 8.10. The molecule has 4 nitrogen and oxygen atoms in total. The maximum atomic E-state index is 12.5. The van der Waals surface area contributed by atoms with Crippen molar-refractivity contribution in [2.24, 2.45) is 0 Å². The average molecular weight is 429 g/mol. The Hall–Kier alpha value is -3.37. The molecule has 2 aromatic rings. The lowest BCUT2D eigenvalue weighted by molar-refractivity contribution is 0.235. The van der Waals surface area contributed by atoms with Gasteiger partial charge >= 0.3 is 0 Å². The number of aliphatic hydroxyl groups excluding tert-OH is 1. The highest BCUT2D eigenvalue weighted by Crippen LogP contribution is 2.45. The lowest BCUT2D eigenvalue weighted by Crippen LogP contribution is -2.11. The van der Waals surface area contributed by atoms with Crippen LogP contribution in [0.3, 0.4) is 0 Å². The van der Waals surface area contributed by atoms with Gasteiger partial charge in [0.15, 0.2) is 5.76 Å². The van der Waals surface area contributed by atoms with Crippen molar-refractivity contribution in [2.75, 3.05) is 0 Å². The van der Waals surface area contributed by atoms with Crippen molar-refractivity contribution in [3.8, 4) is 16.9 Å². The molecule has 2 aliphatic rings. The lowest BCUT2D eigenvalue weighted by Gasteiger charge is -2.20. The van der Waals surface area contributed by atoms with Gasteiger partial charge in [0.25, 0.3) is 0 Å². The van der Waals surface area contributed by atoms with E-state index >= 15 is 0 Å². The number of aromatic hydroxyl groups is 1. The number of aliphatic hydroxyl groups is 1. The summed E-state index contributed by atoms with van der Waals surface area (Å²) in [6, 6.07) is 19.5. The molecule has 1 unspecified atom stereocenters. The first-order chi connectivity index (χ1) is 15.3. The van der Waals surface area contributed by atoms with Crippen molar-refractivity contribution in [3.05, 3.63) is 110 Å². The Morgan fingerprint density at radius 3 is 2.28 bits per heavy atom. The van der Waals surface area contributed by atoms with Crippen LogP contribution >= 0.6 is 0 Å². The summed E-state index contributed by atoms with van der Waals surface area (Å²) >= 11 is 0. The molecule has 0 bridgehead atoms. The van der Waals surface area contributed by atoms with Crippen molar-refractivity contribution in [2.45, 2.75) is 46.1 Å². The molecule has 4 rings (SSSR count). The summed E-state index contributed by atoms with van der Waals surface area (Å²) < 4.78 is 5.89. The van der Waals surface area contributed by atoms with Crippen molar-refractivity contribution in [1.82, 2.24) is 0 Å². The minimum Gasteiger partial charge on any atom is -0.502 e. The van der Waals surface area contributed by atoms with Crippen LogP contribution in [0.2, 0.25) is 0 Å². The van der Waals surface area contributed by atoms with E-state index in [9.17, 15) is 15.0 Å². The second-order valence-corrected chi connectivity index (χ2v) is 8.68. The molecule has 2 N–H and O–H groups in total. The maximum absolute atomic E-state index is 12.5. The van der Waals surface area contributed by atoms with E-state index in [2.05, 4.69) is 52.0 Å². The van der Waals surface area contributed by atoms with Crippen LogP contribution < -0.4 is 5.43 Å². The van der Waals surface area contributed by atoms with Crippen LogP contribution in [0.5, 0.6) is 5.75 Å². The normalized spacial score (nSPS) is 12.4. The fourth-order valence-electron chi connectivity index (χ4n) is 4.47. The molecule has 0 fully saturated rings. The Kier molecular flexibility index (Phi) is 5.90. The minimum atomic E-state index is -0.562. The van der Waals surface area contributed by atoms with Crippen LogP contribution in [0.4, 0.5) is 0 Å². The molecule has 164 valence electrons. The van der Waals surface area contributed by atoms with Gasteiger partial charge < -0.3 is 14.6 Å². The highest BCUT2D eigenvalue weighted by atomic mass is 16.4. The number of hydrogen-bond acceptors (Lipinski definition) is 4. The molecular weight excluding hydrogens is 400 g/mol. The van der Waals surface area contributed by atoms with E-state index in [1.165, 1.54) is 5.56 Å². The monoisotopic (exact) mass is 428 g/mol. The van der Waals surface area contributed by atoms with Gasteiger partial charge in [0, 0.05) is 6.07 Å². The Morgan fingerprint density at radius 2 is 1.62 bits per heavy atom. The van der Waals surface area contributed by atoms with Gasteiger partial charge in [0.05, 0.1) is 5.92 Å². The second kappa shape index (κ2) is 8.64. The van der Waals surface area contributed by atoms with Crippen molar-refractivity contribution in [1.29, 1.82) is 0 Å². The summed E-state index contributed by atoms with van der Waals surface area (Å²) in [7, 11) is 0. The standard InChI is InChI=1S/C28H28O4/c1-16(2)20-10-11-22-17(3)13-23(25(22)18(4)12-20)26(19-8-6-5-7-9-19)28-27(31)24(30)14-21(15-29)32-28/h5-14,16,26,29,31H,15H2,1-4H3. The number of fused-ring (bicyclic) bond motifs is 1. The Labute approximate surface area is 188 Å². The fourth-order valence-corrected chi connectivity index (χ4v) is 4.47. The predicted molar refractivity (Wildman–Crippen MR) is 127 cm³/mol. The van der Waals surface area contributed by atoms with E-state index < -0.39 is 23.7 Å². The first-order valence-corrected chi connectivity index (χ1v) is 10.9. The number of benzene rings is 1. The van der Waals surface area contributed by atoms with E-state index in [0.29, 0.717) is 5.92 Å². The third-order valence-corrected chi connectivity index (χ3v) is 6.10. The molecule has 1 aromatic heterocycles. The zero-order valence-corrected chi connectivity index (χ0v) is 18.8. The van der Waals surface area contributed by atoms with E-state index in [4.69, 9.17) is 4.42 Å². The van der Waals surface area contributed by atoms with Gasteiger partial charge in [-0.05, 0) is 58.7 Å². The largest absolute Gasteiger partial charge is 0.502 e. The zero-order chi connectivity index (χ0) is 23.0. The molecule has 0 radical (unpaired) electrons. The van der Waals surface area contributed by atoms with Gasteiger partial charge in [-0.2, -0.15) is 0 Å². The fraction of sp³-hybridized carbons (Fsp3) is 0.250. The predicted octanol–water partition coefficient (Wildman–Crippen LogP) is 5.86. The van der Waals surface area contributed by atoms with Gasteiger partial charge in [-0.3, -0.25) is 4.79 Å². The Bertz CT molecular complexity index is 1280. The van der Waals surface area contributed by atoms with Gasteiger partial charge in [-0.1, -0.05) is 68.4 Å². The molecule has 1 aromatic carbocycles. The third-order valence-electron chi connectivity index (χ3n) is 6.10. The molecule has 0 aliphatic heterocycles. The smallest absolute Gasteiger partial charge is 0.227 e. The highest BCUT2D eigenvalue weighted by molar-refractivity contribution is 5.79. The van der Waals surface area contributed by atoms with Crippen LogP contribution in [-0.4, -0.2) is 10.2 Å². The van der Waals surface area contributed by atoms with Gasteiger partial charge in [0.1, 0.15) is 12.4 Å². The summed E-state index contributed by atoms with van der Waals surface area (Å²) in [5.74, 6) is -0.267. The zero-order valence-electron chi connectivity index (χ0n) is 18.8. The van der Waals surface area contributed by atoms with E-state index in [1.807, 2.05) is 30.3 Å². The first kappa shape index (κ1) is 21.8. The quantitative estimate of drug-likeness (QED) is 0.417. The number of rotatable bonds is 5. The Balaban J connectivity index is 2.07. The molecule has 4 heteroatoms. The SMILES string of the molecule is Cc1cc(C(c2ccccc2)c2oc(CO)cc(=O)c2O)c2c(C)cc(C(C)C)ccc1-2. The average Bonchev–Trinajstić information content (AvgIpc) is 2.98. The van der Waals surface area contributed by atoms with Crippen LogP contribution in [0, 0.1) is 13.8 Å². The lowest BCUT2D eigenvalue weighted by atomic mass is 9.86. The first-order valence-electron chi connectivity index (χ1n) is 10.9. The van der Waals surface area contributed by atoms with E-state index in [-0.39, 0.29) is 11.5 Å². The molecule has 1 atom stereocenters. The van der Waals surface area contributed by atoms with Crippen LogP contribution in [0.15, 0.2) is 69.9 Å². The summed E-state index contributed by atoms with van der Waals surface area (Å²) in [5, 5.41) is 20.4. The van der Waals surface area contributed by atoms with Crippen LogP contribution in [-0.2, 0) is 6.61 Å². The molecular formula is C28H28O4. The number of aryl methyl sites for hydroxylation is 2. The maximum Gasteiger partial charge on any atom is 0.227 e. The molecule has 1 heterocycles. The highest BCUT2D eigenvalue weighted by Gasteiger charge is 2.30. The third kappa shape index (κ3) is 3.82. The van der Waals surface area contributed by atoms with Crippen LogP contribution in [0.25, 0.3) is 11.1 Å². The van der Waals surface area contributed by atoms with Crippen molar-refractivity contribution in [3.63, 3.8) is 0 Å². The second-order valence-electron chi connectivity index (χ2n) is 8.68. The molecule has 0 saturated heterocycles. The molecule has 32 heavy (non-hydrogen) atoms. The van der Waals surface area contributed by atoms with Gasteiger partial charge in [-0.25, -0.2) is 0 Å². The molecule has 0 saturated carbocycles. The Morgan fingerprint density at radius 1 is 0.906 bits per heavy atom. The molecule has 2 aliphatic carbocycles. The molecule has 0 amide bonds. The molecule has 0 spiro atoms. The summed E-state index contributed by atoms with van der Waals surface area (Å²) in [6.07, 6.45) is 0.